The van der Waals surface area contributed by atoms with Crippen molar-refractivity contribution in [2.45, 2.75) is 25.4 Å². The van der Waals surface area contributed by atoms with Gasteiger partial charge >= 0.3 is 0 Å². The number of carbonyl (C=O) groups excluding carboxylic acids is 1. The summed E-state index contributed by atoms with van der Waals surface area (Å²) in [6.45, 7) is 3.20. The highest BCUT2D eigenvalue weighted by Crippen LogP contribution is 2.26. The molecule has 86 valence electrons. The van der Waals surface area contributed by atoms with Crippen molar-refractivity contribution < 1.29 is 23.7 Å². The third-order valence-corrected chi connectivity index (χ3v) is 2.40. The van der Waals surface area contributed by atoms with Crippen LogP contribution in [0.2, 0.25) is 0 Å². The predicted molar refractivity (Wildman–Crippen MR) is 48.8 cm³/mol. The fourth-order valence-corrected chi connectivity index (χ4v) is 1.68. The van der Waals surface area contributed by atoms with E-state index in [4.69, 9.17) is 18.9 Å². The molecule has 6 heteroatoms. The van der Waals surface area contributed by atoms with Crippen molar-refractivity contribution in [3.05, 3.63) is 0 Å². The summed E-state index contributed by atoms with van der Waals surface area (Å²) >= 11 is 0. The molecule has 1 N–H and O–H groups in total. The van der Waals surface area contributed by atoms with Gasteiger partial charge in [-0.25, -0.2) is 0 Å². The van der Waals surface area contributed by atoms with E-state index in [0.717, 1.165) is 0 Å². The Labute approximate surface area is 87.8 Å². The van der Waals surface area contributed by atoms with Gasteiger partial charge in [0.15, 0.2) is 0 Å². The van der Waals surface area contributed by atoms with Crippen LogP contribution in [0.15, 0.2) is 0 Å². The van der Waals surface area contributed by atoms with Gasteiger partial charge in [-0.1, -0.05) is 0 Å². The summed E-state index contributed by atoms with van der Waals surface area (Å²) < 4.78 is 21.3. The zero-order valence-electron chi connectivity index (χ0n) is 8.65. The summed E-state index contributed by atoms with van der Waals surface area (Å²) in [4.78, 5) is 10.8. The first-order valence-electron chi connectivity index (χ1n) is 4.92. The van der Waals surface area contributed by atoms with Crippen molar-refractivity contribution in [3.63, 3.8) is 0 Å². The lowest BCUT2D eigenvalue weighted by molar-refractivity contribution is -0.317. The summed E-state index contributed by atoms with van der Waals surface area (Å²) in [5, 5.41) is 2.56. The zero-order chi connectivity index (χ0) is 10.7. The third-order valence-electron chi connectivity index (χ3n) is 2.40. The van der Waals surface area contributed by atoms with Gasteiger partial charge in [-0.15, -0.1) is 0 Å². The minimum atomic E-state index is -0.693. The number of hydrogen-bond acceptors (Lipinski definition) is 5. The average molecular weight is 217 g/mol. The Morgan fingerprint density at radius 1 is 1.40 bits per heavy atom. The van der Waals surface area contributed by atoms with Crippen molar-refractivity contribution in [2.24, 2.45) is 0 Å². The second kappa shape index (κ2) is 4.44. The lowest BCUT2D eigenvalue weighted by atomic mass is 10.0. The molecular formula is C9H15NO5. The molecule has 2 fully saturated rings. The lowest BCUT2D eigenvalue weighted by Gasteiger charge is -2.42. The van der Waals surface area contributed by atoms with Crippen molar-refractivity contribution in [1.82, 2.24) is 5.32 Å². The van der Waals surface area contributed by atoms with E-state index in [2.05, 4.69) is 5.32 Å². The Kier molecular flexibility index (Phi) is 3.20. The Morgan fingerprint density at radius 2 is 2.13 bits per heavy atom. The molecule has 0 aromatic heterocycles. The highest BCUT2D eigenvalue weighted by Gasteiger charge is 2.41. The molecule has 2 rings (SSSR count). The molecule has 6 nitrogen and oxygen atoms in total. The molecule has 15 heavy (non-hydrogen) atoms. The van der Waals surface area contributed by atoms with Gasteiger partial charge in [0, 0.05) is 13.3 Å². The van der Waals surface area contributed by atoms with Crippen molar-refractivity contribution >= 4 is 5.91 Å². The van der Waals surface area contributed by atoms with Crippen LogP contribution in [0.25, 0.3) is 0 Å². The molecule has 1 atom stereocenters. The van der Waals surface area contributed by atoms with E-state index >= 15 is 0 Å². The Morgan fingerprint density at radius 3 is 2.80 bits per heavy atom. The number of hydrogen-bond donors (Lipinski definition) is 1. The van der Waals surface area contributed by atoms with Crippen LogP contribution in [0.4, 0.5) is 0 Å². The molecular weight excluding hydrogens is 202 g/mol. The van der Waals surface area contributed by atoms with E-state index in [1.165, 1.54) is 6.92 Å². The maximum atomic E-state index is 10.8. The van der Waals surface area contributed by atoms with E-state index in [0.29, 0.717) is 33.0 Å². The van der Waals surface area contributed by atoms with E-state index in [-0.39, 0.29) is 5.91 Å². The van der Waals surface area contributed by atoms with Gasteiger partial charge in [-0.3, -0.25) is 4.79 Å². The van der Waals surface area contributed by atoms with Crippen molar-refractivity contribution in [2.75, 3.05) is 26.6 Å². The fourth-order valence-electron chi connectivity index (χ4n) is 1.68. The second-order valence-corrected chi connectivity index (χ2v) is 3.77. The molecule has 2 heterocycles. The first kappa shape index (κ1) is 10.8. The van der Waals surface area contributed by atoms with Gasteiger partial charge in [0.1, 0.15) is 12.4 Å². The van der Waals surface area contributed by atoms with Crippen LogP contribution in [0.3, 0.4) is 0 Å². The largest absolute Gasteiger partial charge is 0.352 e. The summed E-state index contributed by atoms with van der Waals surface area (Å²) in [7, 11) is 0. The number of rotatable bonds is 1. The van der Waals surface area contributed by atoms with Crippen LogP contribution in [-0.2, 0) is 23.7 Å². The highest BCUT2D eigenvalue weighted by molar-refractivity contribution is 5.72. The molecule has 2 aliphatic heterocycles. The summed E-state index contributed by atoms with van der Waals surface area (Å²) in [6, 6.07) is 0. The average Bonchev–Trinajstić information content (AvgIpc) is 2.17. The topological polar surface area (TPSA) is 66.0 Å². The Balaban J connectivity index is 1.93. The van der Waals surface area contributed by atoms with Gasteiger partial charge in [-0.2, -0.15) is 0 Å². The molecule has 0 aromatic rings. The standard InChI is InChI=1S/C9H15NO5/c1-7(11)10-8-14-3-2-9(15-8)4-12-6-13-5-9/h8H,2-6H2,1H3,(H,10,11). The normalized spacial score (nSPS) is 30.1. The maximum absolute atomic E-state index is 10.8. The number of amides is 1. The molecule has 1 amide bonds. The number of nitrogens with one attached hydrogen (secondary N) is 1. The van der Waals surface area contributed by atoms with Gasteiger partial charge in [0.05, 0.1) is 19.8 Å². The van der Waals surface area contributed by atoms with Crippen LogP contribution in [0, 0.1) is 0 Å². The number of ether oxygens (including phenoxy) is 4. The molecule has 0 bridgehead atoms. The van der Waals surface area contributed by atoms with E-state index < -0.39 is 12.0 Å². The van der Waals surface area contributed by atoms with Crippen LogP contribution in [0.1, 0.15) is 13.3 Å². The SMILES string of the molecule is CC(=O)NC1OCCC2(COCOC2)O1. The molecule has 0 saturated carbocycles. The Hall–Kier alpha value is -0.690. The molecule has 2 saturated heterocycles. The van der Waals surface area contributed by atoms with E-state index in [1.54, 1.807) is 0 Å². The summed E-state index contributed by atoms with van der Waals surface area (Å²) in [5.41, 5.74) is -0.469. The number of carbonyl (C=O) groups is 1. The van der Waals surface area contributed by atoms with Crippen molar-refractivity contribution in [3.8, 4) is 0 Å². The molecule has 1 unspecified atom stereocenters. The summed E-state index contributed by atoms with van der Waals surface area (Å²) in [6.07, 6.45) is 0.0184. The third kappa shape index (κ3) is 2.66. The maximum Gasteiger partial charge on any atom is 0.240 e. The lowest BCUT2D eigenvalue weighted by Crippen LogP contribution is -2.56. The summed E-state index contributed by atoms with van der Waals surface area (Å²) in [5.74, 6) is -0.185. The van der Waals surface area contributed by atoms with E-state index in [1.807, 2.05) is 0 Å². The van der Waals surface area contributed by atoms with Crippen LogP contribution in [-0.4, -0.2) is 44.5 Å². The smallest absolute Gasteiger partial charge is 0.240 e. The van der Waals surface area contributed by atoms with Gasteiger partial charge < -0.3 is 24.3 Å². The molecule has 0 aliphatic carbocycles. The van der Waals surface area contributed by atoms with Crippen LogP contribution >= 0.6 is 0 Å². The Bertz CT molecular complexity index is 233. The van der Waals surface area contributed by atoms with Gasteiger partial charge in [0.25, 0.3) is 0 Å². The molecule has 0 aromatic carbocycles. The fraction of sp³-hybridized carbons (Fsp3) is 0.889. The quantitative estimate of drug-likeness (QED) is 0.646. The van der Waals surface area contributed by atoms with E-state index in [9.17, 15) is 4.79 Å². The van der Waals surface area contributed by atoms with Crippen LogP contribution in [0.5, 0.6) is 0 Å². The predicted octanol–water partition coefficient (Wildman–Crippen LogP) is -0.414. The van der Waals surface area contributed by atoms with Gasteiger partial charge in [0.2, 0.25) is 12.3 Å². The van der Waals surface area contributed by atoms with Gasteiger partial charge in [-0.05, 0) is 0 Å². The molecule has 0 radical (unpaired) electrons. The minimum absolute atomic E-state index is 0.185. The second-order valence-electron chi connectivity index (χ2n) is 3.77. The molecule has 2 aliphatic rings. The van der Waals surface area contributed by atoms with Crippen molar-refractivity contribution in [1.29, 1.82) is 0 Å². The first-order chi connectivity index (χ1) is 7.20. The van der Waals surface area contributed by atoms with Crippen LogP contribution < -0.4 is 5.32 Å². The monoisotopic (exact) mass is 217 g/mol. The highest BCUT2D eigenvalue weighted by atomic mass is 16.7. The molecule has 1 spiro atoms. The zero-order valence-corrected chi connectivity index (χ0v) is 8.65. The first-order valence-corrected chi connectivity index (χ1v) is 4.92. The minimum Gasteiger partial charge on any atom is -0.352 e.